The zero-order valence-electron chi connectivity index (χ0n) is 20.4. The van der Waals surface area contributed by atoms with Crippen molar-refractivity contribution in [3.63, 3.8) is 0 Å². The highest BCUT2D eigenvalue weighted by Gasteiger charge is 2.34. The lowest BCUT2D eigenvalue weighted by atomic mass is 10.1. The van der Waals surface area contributed by atoms with Crippen molar-refractivity contribution in [1.29, 1.82) is 0 Å². The third kappa shape index (κ3) is 7.86. The SMILES string of the molecule is CCCNC(=O)[C@H](C)N(Cc1ccc(C)cc1)C(=O)CN(c1cc(C(F)(F)F)ccc1Cl)S(C)(=O)=O. The van der Waals surface area contributed by atoms with Crippen molar-refractivity contribution in [2.75, 3.05) is 23.7 Å². The Morgan fingerprint density at radius 3 is 2.25 bits per heavy atom. The maximum Gasteiger partial charge on any atom is 0.416 e. The van der Waals surface area contributed by atoms with Gasteiger partial charge in [-0.3, -0.25) is 13.9 Å². The summed E-state index contributed by atoms with van der Waals surface area (Å²) < 4.78 is 65.5. The van der Waals surface area contributed by atoms with Crippen molar-refractivity contribution in [2.24, 2.45) is 0 Å². The van der Waals surface area contributed by atoms with Gasteiger partial charge in [0.05, 0.1) is 22.5 Å². The maximum atomic E-state index is 13.4. The molecule has 2 aromatic carbocycles. The van der Waals surface area contributed by atoms with Crippen LogP contribution in [0.5, 0.6) is 0 Å². The predicted octanol–water partition coefficient (Wildman–Crippen LogP) is 4.38. The molecule has 2 rings (SSSR count). The summed E-state index contributed by atoms with van der Waals surface area (Å²) in [5, 5.41) is 2.42. The number of hydrogen-bond acceptors (Lipinski definition) is 4. The molecule has 0 saturated heterocycles. The summed E-state index contributed by atoms with van der Waals surface area (Å²) in [6.45, 7) is 4.76. The number of aryl methyl sites for hydroxylation is 1. The second kappa shape index (κ2) is 12.0. The molecule has 0 unspecified atom stereocenters. The van der Waals surface area contributed by atoms with E-state index in [2.05, 4.69) is 5.32 Å². The molecule has 198 valence electrons. The van der Waals surface area contributed by atoms with Gasteiger partial charge in [0, 0.05) is 13.1 Å². The number of benzene rings is 2. The normalized spacial score (nSPS) is 12.7. The van der Waals surface area contributed by atoms with Crippen LogP contribution < -0.4 is 9.62 Å². The number of carbonyl (C=O) groups excluding carboxylic acids is 2. The lowest BCUT2D eigenvalue weighted by Gasteiger charge is -2.32. The summed E-state index contributed by atoms with van der Waals surface area (Å²) in [7, 11) is -4.24. The maximum absolute atomic E-state index is 13.4. The third-order valence-electron chi connectivity index (χ3n) is 5.41. The average molecular weight is 548 g/mol. The monoisotopic (exact) mass is 547 g/mol. The number of nitrogens with one attached hydrogen (secondary N) is 1. The molecular formula is C24H29ClF3N3O4S. The fourth-order valence-electron chi connectivity index (χ4n) is 3.34. The van der Waals surface area contributed by atoms with E-state index in [1.165, 1.54) is 11.8 Å². The average Bonchev–Trinajstić information content (AvgIpc) is 2.79. The number of nitrogens with zero attached hydrogens (tertiary/aromatic N) is 2. The number of sulfonamides is 1. The van der Waals surface area contributed by atoms with Gasteiger partial charge in [0.1, 0.15) is 12.6 Å². The first-order valence-electron chi connectivity index (χ1n) is 11.1. The van der Waals surface area contributed by atoms with Gasteiger partial charge in [-0.15, -0.1) is 0 Å². The highest BCUT2D eigenvalue weighted by atomic mass is 35.5. The fourth-order valence-corrected chi connectivity index (χ4v) is 4.47. The van der Waals surface area contributed by atoms with Crippen molar-refractivity contribution < 1.29 is 31.2 Å². The smallest absolute Gasteiger partial charge is 0.354 e. The molecule has 2 amide bonds. The minimum atomic E-state index is -4.75. The van der Waals surface area contributed by atoms with E-state index in [-0.39, 0.29) is 11.6 Å². The van der Waals surface area contributed by atoms with E-state index in [4.69, 9.17) is 11.6 Å². The van der Waals surface area contributed by atoms with Crippen LogP contribution in [0.25, 0.3) is 0 Å². The Labute approximate surface area is 214 Å². The molecule has 0 spiro atoms. The Balaban J connectivity index is 2.47. The van der Waals surface area contributed by atoms with Crippen molar-refractivity contribution in [2.45, 2.75) is 46.0 Å². The topological polar surface area (TPSA) is 86.8 Å². The van der Waals surface area contributed by atoms with Gasteiger partial charge in [-0.2, -0.15) is 13.2 Å². The van der Waals surface area contributed by atoms with Crippen molar-refractivity contribution >= 4 is 39.1 Å². The zero-order valence-corrected chi connectivity index (χ0v) is 22.0. The summed E-state index contributed by atoms with van der Waals surface area (Å²) in [6, 6.07) is 8.43. The molecule has 1 atom stereocenters. The Morgan fingerprint density at radius 1 is 1.11 bits per heavy atom. The predicted molar refractivity (Wildman–Crippen MR) is 133 cm³/mol. The summed E-state index contributed by atoms with van der Waals surface area (Å²) in [4.78, 5) is 27.3. The second-order valence-corrected chi connectivity index (χ2v) is 10.7. The summed E-state index contributed by atoms with van der Waals surface area (Å²) >= 11 is 6.06. The lowest BCUT2D eigenvalue weighted by Crippen LogP contribution is -2.51. The molecule has 2 aromatic rings. The molecule has 0 aliphatic heterocycles. The number of rotatable bonds is 10. The molecule has 0 fully saturated rings. The Kier molecular flexibility index (Phi) is 9.78. The molecule has 12 heteroatoms. The van der Waals surface area contributed by atoms with E-state index in [0.717, 1.165) is 24.0 Å². The van der Waals surface area contributed by atoms with E-state index in [1.807, 2.05) is 26.0 Å². The summed E-state index contributed by atoms with van der Waals surface area (Å²) in [5.74, 6) is -1.23. The van der Waals surface area contributed by atoms with Gasteiger partial charge in [0.25, 0.3) is 0 Å². The molecule has 0 bridgehead atoms. The first-order valence-corrected chi connectivity index (χ1v) is 13.3. The Hall–Kier alpha value is -2.79. The number of amides is 2. The molecular weight excluding hydrogens is 519 g/mol. The van der Waals surface area contributed by atoms with Gasteiger partial charge in [-0.05, 0) is 44.0 Å². The van der Waals surface area contributed by atoms with Crippen LogP contribution in [0.15, 0.2) is 42.5 Å². The fraction of sp³-hybridized carbons (Fsp3) is 0.417. The van der Waals surface area contributed by atoms with Crippen LogP contribution in [0.2, 0.25) is 5.02 Å². The molecule has 0 heterocycles. The molecule has 0 aliphatic carbocycles. The Bertz CT molecular complexity index is 1190. The first kappa shape index (κ1) is 29.4. The van der Waals surface area contributed by atoms with Crippen molar-refractivity contribution in [3.05, 3.63) is 64.2 Å². The molecule has 0 aliphatic rings. The lowest BCUT2D eigenvalue weighted by molar-refractivity contribution is -0.139. The number of carbonyl (C=O) groups is 2. The van der Waals surface area contributed by atoms with Crippen LogP contribution in [0.3, 0.4) is 0 Å². The highest BCUT2D eigenvalue weighted by Crippen LogP contribution is 2.36. The number of halogens is 4. The summed E-state index contributed by atoms with van der Waals surface area (Å²) in [5.41, 5.74) is 0.0624. The summed E-state index contributed by atoms with van der Waals surface area (Å²) in [6.07, 6.45) is -3.32. The van der Waals surface area contributed by atoms with Gasteiger partial charge >= 0.3 is 6.18 Å². The van der Waals surface area contributed by atoms with Crippen molar-refractivity contribution in [3.8, 4) is 0 Å². The molecule has 0 aromatic heterocycles. The number of anilines is 1. The van der Waals surface area contributed by atoms with Crippen LogP contribution in [-0.4, -0.2) is 50.5 Å². The number of alkyl halides is 3. The largest absolute Gasteiger partial charge is 0.416 e. The van der Waals surface area contributed by atoms with Crippen LogP contribution in [-0.2, 0) is 32.3 Å². The van der Waals surface area contributed by atoms with Gasteiger partial charge in [-0.25, -0.2) is 8.42 Å². The standard InChI is InChI=1S/C24H29ClF3N3O4S/c1-5-12-29-23(33)17(3)30(14-18-8-6-16(2)7-9-18)22(32)15-31(36(4,34)35)21-13-19(24(26,27)28)10-11-20(21)25/h6-11,13,17H,5,12,14-15H2,1-4H3,(H,29,33)/t17-/m0/s1. The van der Waals surface area contributed by atoms with Crippen LogP contribution in [0.4, 0.5) is 18.9 Å². The Morgan fingerprint density at radius 2 is 1.72 bits per heavy atom. The van der Waals surface area contributed by atoms with E-state index < -0.39 is 51.9 Å². The van der Waals surface area contributed by atoms with E-state index in [1.54, 1.807) is 12.1 Å². The molecule has 0 radical (unpaired) electrons. The molecule has 0 saturated carbocycles. The minimum Gasteiger partial charge on any atom is -0.354 e. The van der Waals surface area contributed by atoms with E-state index in [9.17, 15) is 31.2 Å². The van der Waals surface area contributed by atoms with E-state index >= 15 is 0 Å². The third-order valence-corrected chi connectivity index (χ3v) is 6.86. The quantitative estimate of drug-likeness (QED) is 0.478. The van der Waals surface area contributed by atoms with Crippen LogP contribution in [0, 0.1) is 6.92 Å². The van der Waals surface area contributed by atoms with Gasteiger partial charge < -0.3 is 10.2 Å². The minimum absolute atomic E-state index is 0.0201. The molecule has 1 N–H and O–H groups in total. The van der Waals surface area contributed by atoms with Gasteiger partial charge in [0.15, 0.2) is 0 Å². The first-order chi connectivity index (χ1) is 16.6. The second-order valence-electron chi connectivity index (χ2n) is 8.41. The van der Waals surface area contributed by atoms with Crippen LogP contribution in [0.1, 0.15) is 37.0 Å². The van der Waals surface area contributed by atoms with E-state index in [0.29, 0.717) is 28.9 Å². The van der Waals surface area contributed by atoms with Crippen molar-refractivity contribution in [1.82, 2.24) is 10.2 Å². The van der Waals surface area contributed by atoms with Gasteiger partial charge in [0.2, 0.25) is 21.8 Å². The molecule has 7 nitrogen and oxygen atoms in total. The zero-order chi connectivity index (χ0) is 27.3. The number of hydrogen-bond donors (Lipinski definition) is 1. The highest BCUT2D eigenvalue weighted by molar-refractivity contribution is 7.92. The van der Waals surface area contributed by atoms with Gasteiger partial charge in [-0.1, -0.05) is 48.4 Å². The van der Waals surface area contributed by atoms with Crippen LogP contribution >= 0.6 is 11.6 Å². The molecule has 36 heavy (non-hydrogen) atoms.